The maximum absolute atomic E-state index is 9.19. The van der Waals surface area contributed by atoms with Gasteiger partial charge in [-0.1, -0.05) is 45.0 Å². The highest BCUT2D eigenvalue weighted by Crippen LogP contribution is 2.23. The number of aliphatic hydroxyl groups excluding tert-OH is 1. The Hall–Kier alpha value is -0.860. The number of hydrogen-bond acceptors (Lipinski definition) is 2. The van der Waals surface area contributed by atoms with Crippen LogP contribution >= 0.6 is 0 Å². The maximum atomic E-state index is 9.19. The third-order valence-corrected chi connectivity index (χ3v) is 2.09. The second-order valence-electron chi connectivity index (χ2n) is 4.32. The molecule has 0 saturated heterocycles. The molecule has 0 amide bonds. The summed E-state index contributed by atoms with van der Waals surface area (Å²) in [4.78, 5) is 0. The third-order valence-electron chi connectivity index (χ3n) is 2.09. The molecule has 1 atom stereocenters. The molecule has 0 bridgehead atoms. The summed E-state index contributed by atoms with van der Waals surface area (Å²) in [6.45, 7) is 6.40. The molecule has 0 aliphatic rings. The van der Waals surface area contributed by atoms with Crippen molar-refractivity contribution in [1.29, 1.82) is 0 Å². The van der Waals surface area contributed by atoms with Crippen molar-refractivity contribution >= 4 is 0 Å². The highest BCUT2D eigenvalue weighted by Gasteiger charge is 2.14. The minimum absolute atomic E-state index is 0.102. The molecule has 3 N–H and O–H groups in total. The molecular weight excluding hydrogens is 162 g/mol. The van der Waals surface area contributed by atoms with Gasteiger partial charge in [-0.2, -0.15) is 0 Å². The zero-order valence-corrected chi connectivity index (χ0v) is 8.41. The van der Waals surface area contributed by atoms with E-state index in [2.05, 4.69) is 20.8 Å². The van der Waals surface area contributed by atoms with E-state index in [-0.39, 0.29) is 5.41 Å². The van der Waals surface area contributed by atoms with Crippen LogP contribution in [-0.2, 0) is 5.41 Å². The SMILES string of the molecule is CC(C)(C)c1cccc(C(N)O)c1. The third kappa shape index (κ3) is 2.54. The van der Waals surface area contributed by atoms with Crippen LogP contribution in [-0.4, -0.2) is 5.11 Å². The van der Waals surface area contributed by atoms with E-state index in [1.54, 1.807) is 0 Å². The molecule has 2 heteroatoms. The summed E-state index contributed by atoms with van der Waals surface area (Å²) in [5.74, 6) is 0. The van der Waals surface area contributed by atoms with Crippen molar-refractivity contribution in [3.8, 4) is 0 Å². The van der Waals surface area contributed by atoms with Crippen LogP contribution in [0.3, 0.4) is 0 Å². The Kier molecular flexibility index (Phi) is 2.74. The summed E-state index contributed by atoms with van der Waals surface area (Å²) < 4.78 is 0. The van der Waals surface area contributed by atoms with Crippen molar-refractivity contribution in [3.63, 3.8) is 0 Å². The zero-order chi connectivity index (χ0) is 10.1. The van der Waals surface area contributed by atoms with Gasteiger partial charge in [0.05, 0.1) is 0 Å². The molecule has 0 aromatic heterocycles. The summed E-state index contributed by atoms with van der Waals surface area (Å²) in [7, 11) is 0. The van der Waals surface area contributed by atoms with Gasteiger partial charge in [0.15, 0.2) is 0 Å². The van der Waals surface area contributed by atoms with Crippen molar-refractivity contribution in [2.75, 3.05) is 0 Å². The Balaban J connectivity index is 3.06. The van der Waals surface area contributed by atoms with Crippen molar-refractivity contribution in [3.05, 3.63) is 35.4 Å². The lowest BCUT2D eigenvalue weighted by molar-refractivity contribution is 0.186. The molecule has 0 spiro atoms. The van der Waals surface area contributed by atoms with Crippen LogP contribution in [0.2, 0.25) is 0 Å². The number of nitrogens with two attached hydrogens (primary N) is 1. The molecule has 1 rings (SSSR count). The largest absolute Gasteiger partial charge is 0.375 e. The number of rotatable bonds is 1. The summed E-state index contributed by atoms with van der Waals surface area (Å²) in [6.07, 6.45) is -0.873. The maximum Gasteiger partial charge on any atom is 0.128 e. The van der Waals surface area contributed by atoms with Crippen LogP contribution in [0.1, 0.15) is 38.1 Å². The van der Waals surface area contributed by atoms with Crippen LogP contribution in [0.5, 0.6) is 0 Å². The number of aliphatic hydroxyl groups is 1. The first-order valence-corrected chi connectivity index (χ1v) is 4.45. The average Bonchev–Trinajstić information content (AvgIpc) is 2.03. The molecule has 1 aromatic carbocycles. The van der Waals surface area contributed by atoms with Crippen LogP contribution in [0, 0.1) is 0 Å². The van der Waals surface area contributed by atoms with Gasteiger partial charge in [-0.05, 0) is 16.5 Å². The van der Waals surface area contributed by atoms with Crippen LogP contribution in [0.15, 0.2) is 24.3 Å². The van der Waals surface area contributed by atoms with Gasteiger partial charge in [0.2, 0.25) is 0 Å². The molecule has 0 aliphatic carbocycles. The lowest BCUT2D eigenvalue weighted by atomic mass is 9.86. The van der Waals surface area contributed by atoms with E-state index < -0.39 is 6.23 Å². The fourth-order valence-corrected chi connectivity index (χ4v) is 1.19. The van der Waals surface area contributed by atoms with Gasteiger partial charge < -0.3 is 10.8 Å². The lowest BCUT2D eigenvalue weighted by Crippen LogP contribution is -2.14. The molecule has 0 heterocycles. The van der Waals surface area contributed by atoms with Crippen LogP contribution in [0.25, 0.3) is 0 Å². The highest BCUT2D eigenvalue weighted by molar-refractivity contribution is 5.29. The summed E-state index contributed by atoms with van der Waals surface area (Å²) in [5, 5.41) is 9.19. The van der Waals surface area contributed by atoms with Gasteiger partial charge in [-0.25, -0.2) is 0 Å². The molecule has 0 aliphatic heterocycles. The Bertz CT molecular complexity index is 286. The summed E-state index contributed by atoms with van der Waals surface area (Å²) in [6, 6.07) is 7.75. The minimum atomic E-state index is -0.873. The lowest BCUT2D eigenvalue weighted by Gasteiger charge is -2.20. The molecule has 0 saturated carbocycles. The molecule has 13 heavy (non-hydrogen) atoms. The number of benzene rings is 1. The number of hydrogen-bond donors (Lipinski definition) is 2. The molecule has 1 unspecified atom stereocenters. The van der Waals surface area contributed by atoms with Gasteiger partial charge in [-0.3, -0.25) is 0 Å². The quantitative estimate of drug-likeness (QED) is 0.647. The van der Waals surface area contributed by atoms with Crippen molar-refractivity contribution < 1.29 is 5.11 Å². The zero-order valence-electron chi connectivity index (χ0n) is 8.41. The Morgan fingerprint density at radius 1 is 1.31 bits per heavy atom. The standard InChI is InChI=1S/C11H17NO/c1-11(2,3)9-6-4-5-8(7-9)10(12)13/h4-7,10,13H,12H2,1-3H3. The summed E-state index contributed by atoms with van der Waals surface area (Å²) in [5.41, 5.74) is 7.44. The predicted octanol–water partition coefficient (Wildman–Crippen LogP) is 1.93. The van der Waals surface area contributed by atoms with E-state index in [0.717, 1.165) is 5.56 Å². The topological polar surface area (TPSA) is 46.2 Å². The minimum Gasteiger partial charge on any atom is -0.375 e. The summed E-state index contributed by atoms with van der Waals surface area (Å²) >= 11 is 0. The second kappa shape index (κ2) is 3.48. The fraction of sp³-hybridized carbons (Fsp3) is 0.455. The Morgan fingerprint density at radius 3 is 2.38 bits per heavy atom. The Morgan fingerprint density at radius 2 is 1.92 bits per heavy atom. The van der Waals surface area contributed by atoms with Crippen molar-refractivity contribution in [1.82, 2.24) is 0 Å². The molecular formula is C11H17NO. The molecule has 0 radical (unpaired) electrons. The first-order chi connectivity index (χ1) is 5.91. The average molecular weight is 179 g/mol. The van der Waals surface area contributed by atoms with Gasteiger partial charge in [0.1, 0.15) is 6.23 Å². The predicted molar refractivity (Wildman–Crippen MR) is 54.3 cm³/mol. The normalized spacial score (nSPS) is 14.2. The van der Waals surface area contributed by atoms with Gasteiger partial charge in [0, 0.05) is 0 Å². The molecule has 1 aromatic rings. The fourth-order valence-electron chi connectivity index (χ4n) is 1.19. The van der Waals surface area contributed by atoms with Crippen LogP contribution < -0.4 is 5.73 Å². The van der Waals surface area contributed by atoms with E-state index in [9.17, 15) is 5.11 Å². The first-order valence-electron chi connectivity index (χ1n) is 4.45. The van der Waals surface area contributed by atoms with Gasteiger partial charge >= 0.3 is 0 Å². The van der Waals surface area contributed by atoms with E-state index in [4.69, 9.17) is 5.73 Å². The smallest absolute Gasteiger partial charge is 0.128 e. The van der Waals surface area contributed by atoms with Crippen molar-refractivity contribution in [2.24, 2.45) is 5.73 Å². The Labute approximate surface area is 79.4 Å². The van der Waals surface area contributed by atoms with E-state index in [0.29, 0.717) is 0 Å². The van der Waals surface area contributed by atoms with E-state index in [1.807, 2.05) is 24.3 Å². The monoisotopic (exact) mass is 179 g/mol. The van der Waals surface area contributed by atoms with Crippen LogP contribution in [0.4, 0.5) is 0 Å². The molecule has 72 valence electrons. The molecule has 2 nitrogen and oxygen atoms in total. The van der Waals surface area contributed by atoms with E-state index >= 15 is 0 Å². The van der Waals surface area contributed by atoms with Gasteiger partial charge in [0.25, 0.3) is 0 Å². The first kappa shape index (κ1) is 10.2. The molecule has 0 fully saturated rings. The van der Waals surface area contributed by atoms with Gasteiger partial charge in [-0.15, -0.1) is 0 Å². The second-order valence-corrected chi connectivity index (χ2v) is 4.32. The van der Waals surface area contributed by atoms with Crippen molar-refractivity contribution in [2.45, 2.75) is 32.4 Å². The van der Waals surface area contributed by atoms with E-state index in [1.165, 1.54) is 5.56 Å². The highest BCUT2D eigenvalue weighted by atomic mass is 16.3.